The van der Waals surface area contributed by atoms with E-state index in [9.17, 15) is 20.4 Å². The maximum absolute atomic E-state index is 11.3. The number of rotatable bonds is 21. The Balaban J connectivity index is 0.995. The van der Waals surface area contributed by atoms with Crippen molar-refractivity contribution in [2.24, 2.45) is 0 Å². The van der Waals surface area contributed by atoms with Crippen molar-refractivity contribution in [3.8, 4) is 11.5 Å². The second-order valence-corrected chi connectivity index (χ2v) is 16.5. The fourth-order valence-corrected chi connectivity index (χ4v) is 8.51. The lowest BCUT2D eigenvalue weighted by Gasteiger charge is -2.38. The van der Waals surface area contributed by atoms with Gasteiger partial charge in [-0.1, -0.05) is 73.7 Å². The molecule has 0 amide bonds. The van der Waals surface area contributed by atoms with Gasteiger partial charge in [-0.3, -0.25) is 0 Å². The van der Waals surface area contributed by atoms with E-state index >= 15 is 0 Å². The van der Waals surface area contributed by atoms with E-state index in [0.717, 1.165) is 77.2 Å². The molecule has 5 N–H and O–H groups in total. The fraction of sp³-hybridized carbons (Fsp3) is 0.617. The molecule has 3 fully saturated rings. The minimum Gasteiger partial charge on any atom is -0.507 e. The highest BCUT2D eigenvalue weighted by atomic mass is 16.7. The third-order valence-electron chi connectivity index (χ3n) is 11.6. The van der Waals surface area contributed by atoms with Gasteiger partial charge in [-0.15, -0.1) is 0 Å². The molecule has 0 aromatic heterocycles. The van der Waals surface area contributed by atoms with Crippen LogP contribution in [0.4, 0.5) is 0 Å². The van der Waals surface area contributed by atoms with Gasteiger partial charge in [0.1, 0.15) is 11.5 Å². The topological polar surface area (TPSA) is 148 Å². The first-order valence-corrected chi connectivity index (χ1v) is 21.8. The number of ether oxygens (including phenoxy) is 6. The number of hydrogen-bond acceptors (Lipinski definition) is 11. The number of aromatic hydroxyl groups is 2. The number of benzene rings is 3. The molecule has 3 heterocycles. The Bertz CT molecular complexity index is 1610. The third-order valence-corrected chi connectivity index (χ3v) is 11.6. The molecule has 0 bridgehead atoms. The molecule has 11 nitrogen and oxygen atoms in total. The fourth-order valence-electron chi connectivity index (χ4n) is 8.51. The molecule has 0 aliphatic carbocycles. The molecule has 3 aromatic rings. The summed E-state index contributed by atoms with van der Waals surface area (Å²) in [6, 6.07) is 24.6. The van der Waals surface area contributed by atoms with Crippen LogP contribution < -0.4 is 5.32 Å². The molecule has 320 valence electrons. The van der Waals surface area contributed by atoms with Gasteiger partial charge >= 0.3 is 0 Å². The first kappa shape index (κ1) is 44.5. The highest BCUT2D eigenvalue weighted by Crippen LogP contribution is 2.39. The summed E-state index contributed by atoms with van der Waals surface area (Å²) in [6.07, 6.45) is 7.94. The Morgan fingerprint density at radius 3 is 1.66 bits per heavy atom. The summed E-state index contributed by atoms with van der Waals surface area (Å²) >= 11 is 0. The van der Waals surface area contributed by atoms with Crippen LogP contribution in [0.1, 0.15) is 133 Å². The lowest BCUT2D eigenvalue weighted by molar-refractivity contribution is -0.257. The molecule has 58 heavy (non-hydrogen) atoms. The molecule has 3 aromatic carbocycles. The predicted molar refractivity (Wildman–Crippen MR) is 221 cm³/mol. The second-order valence-electron chi connectivity index (χ2n) is 16.5. The molecular formula is C47H67NO10. The zero-order valence-electron chi connectivity index (χ0n) is 34.4. The van der Waals surface area contributed by atoms with Crippen molar-refractivity contribution >= 4 is 0 Å². The van der Waals surface area contributed by atoms with Crippen LogP contribution in [-0.4, -0.2) is 82.1 Å². The largest absolute Gasteiger partial charge is 0.507 e. The van der Waals surface area contributed by atoms with Crippen LogP contribution in [0.15, 0.2) is 78.9 Å². The molecular weight excluding hydrogens is 739 g/mol. The van der Waals surface area contributed by atoms with Crippen molar-refractivity contribution < 1.29 is 48.8 Å². The standard InChI is InChI=1S/C47H67NO10/c1-3-35-27-38(56-46(55-35)41-22-7-9-24-43(41)51)20-13-21-39-29-40(58-47(57-39)42-23-8-10-25-44(42)52)26-34(50)17-12-19-37-28-36(18-11-14-32(2)49)53-45(54-37)31-48-30-33-15-5-4-6-16-33/h4-10,15-16,22-25,32,34-40,45-52H,3,11-14,17-21,26-31H2,1-2H3/t32-,34?,35?,36?,37?,38?,39?,40?,45?,46?,47?/m0/s1. The summed E-state index contributed by atoms with van der Waals surface area (Å²) in [6.45, 7) is 5.25. The number of hydrogen-bond donors (Lipinski definition) is 5. The number of para-hydroxylation sites is 2. The Morgan fingerprint density at radius 1 is 0.586 bits per heavy atom. The molecule has 0 saturated carbocycles. The van der Waals surface area contributed by atoms with E-state index in [2.05, 4.69) is 24.4 Å². The molecule has 10 unspecified atom stereocenters. The van der Waals surface area contributed by atoms with Crippen LogP contribution in [0, 0.1) is 0 Å². The molecule has 11 atom stereocenters. The summed E-state index contributed by atoms with van der Waals surface area (Å²) in [4.78, 5) is 0. The van der Waals surface area contributed by atoms with Gasteiger partial charge in [0, 0.05) is 43.5 Å². The van der Waals surface area contributed by atoms with Crippen LogP contribution in [0.5, 0.6) is 11.5 Å². The van der Waals surface area contributed by atoms with Crippen molar-refractivity contribution in [1.82, 2.24) is 5.32 Å². The summed E-state index contributed by atoms with van der Waals surface area (Å²) in [7, 11) is 0. The van der Waals surface area contributed by atoms with Crippen molar-refractivity contribution in [2.75, 3.05) is 6.54 Å². The first-order valence-electron chi connectivity index (χ1n) is 21.8. The van der Waals surface area contributed by atoms with Gasteiger partial charge in [-0.25, -0.2) is 0 Å². The molecule has 3 aliphatic heterocycles. The van der Waals surface area contributed by atoms with Crippen LogP contribution in [0.3, 0.4) is 0 Å². The Hall–Kier alpha value is -3.10. The molecule has 6 rings (SSSR count). The predicted octanol–water partition coefficient (Wildman–Crippen LogP) is 8.49. The van der Waals surface area contributed by atoms with Crippen LogP contribution >= 0.6 is 0 Å². The zero-order chi connectivity index (χ0) is 40.7. The van der Waals surface area contributed by atoms with Crippen molar-refractivity contribution in [3.05, 3.63) is 95.6 Å². The first-order chi connectivity index (χ1) is 28.2. The van der Waals surface area contributed by atoms with Crippen LogP contribution in [0.25, 0.3) is 0 Å². The SMILES string of the molecule is CCC1CC(CCCC2CC(CC(O)CCCC3CC(CCC[C@H](C)O)OC(CNCc4ccccc4)O3)OC(c3ccccc3O)O2)OC(c2ccccc2O)O1. The van der Waals surface area contributed by atoms with Gasteiger partial charge < -0.3 is 54.2 Å². The summed E-state index contributed by atoms with van der Waals surface area (Å²) in [5.41, 5.74) is 2.44. The van der Waals surface area contributed by atoms with Gasteiger partial charge in [0.25, 0.3) is 0 Å². The number of phenols is 2. The summed E-state index contributed by atoms with van der Waals surface area (Å²) in [5.74, 6) is 0.294. The Labute approximate surface area is 345 Å². The summed E-state index contributed by atoms with van der Waals surface area (Å²) in [5, 5.41) is 45.8. The smallest absolute Gasteiger partial charge is 0.188 e. The van der Waals surface area contributed by atoms with Crippen molar-refractivity contribution in [3.63, 3.8) is 0 Å². The van der Waals surface area contributed by atoms with E-state index in [0.29, 0.717) is 36.9 Å². The average Bonchev–Trinajstić information content (AvgIpc) is 3.21. The van der Waals surface area contributed by atoms with Gasteiger partial charge in [-0.2, -0.15) is 0 Å². The van der Waals surface area contributed by atoms with E-state index in [1.807, 2.05) is 49.4 Å². The number of phenolic OH excluding ortho intramolecular Hbond substituents is 2. The quantitative estimate of drug-likeness (QED) is 0.0706. The Kier molecular flexibility index (Phi) is 17.7. The van der Waals surface area contributed by atoms with E-state index in [1.165, 1.54) is 5.56 Å². The third kappa shape index (κ3) is 14.0. The molecule has 3 saturated heterocycles. The van der Waals surface area contributed by atoms with Gasteiger partial charge in [0.05, 0.1) is 48.8 Å². The van der Waals surface area contributed by atoms with Gasteiger partial charge in [0.15, 0.2) is 18.9 Å². The lowest BCUT2D eigenvalue weighted by Crippen LogP contribution is -2.43. The average molecular weight is 806 g/mol. The Morgan fingerprint density at radius 2 is 1.07 bits per heavy atom. The van der Waals surface area contributed by atoms with Crippen molar-refractivity contribution in [1.29, 1.82) is 0 Å². The van der Waals surface area contributed by atoms with E-state index < -0.39 is 18.7 Å². The zero-order valence-corrected chi connectivity index (χ0v) is 34.4. The normalized spacial score (nSPS) is 28.9. The monoisotopic (exact) mass is 805 g/mol. The highest BCUT2D eigenvalue weighted by Gasteiger charge is 2.36. The van der Waals surface area contributed by atoms with E-state index in [-0.39, 0.29) is 60.5 Å². The number of nitrogens with one attached hydrogen (secondary N) is 1. The van der Waals surface area contributed by atoms with Gasteiger partial charge in [0.2, 0.25) is 0 Å². The number of aliphatic hydroxyl groups excluding tert-OH is 2. The van der Waals surface area contributed by atoms with Gasteiger partial charge in [-0.05, 0) is 95.2 Å². The lowest BCUT2D eigenvalue weighted by atomic mass is 9.95. The minimum absolute atomic E-state index is 0.0187. The molecule has 11 heteroatoms. The maximum atomic E-state index is 11.3. The highest BCUT2D eigenvalue weighted by molar-refractivity contribution is 5.33. The number of aliphatic hydroxyl groups is 2. The van der Waals surface area contributed by atoms with E-state index in [4.69, 9.17) is 28.4 Å². The van der Waals surface area contributed by atoms with Crippen LogP contribution in [0.2, 0.25) is 0 Å². The molecule has 0 spiro atoms. The second kappa shape index (κ2) is 23.0. The molecule has 0 radical (unpaired) electrons. The minimum atomic E-state index is -0.736. The van der Waals surface area contributed by atoms with Crippen molar-refractivity contribution in [2.45, 2.75) is 178 Å². The van der Waals surface area contributed by atoms with E-state index in [1.54, 1.807) is 24.3 Å². The van der Waals surface area contributed by atoms with Crippen LogP contribution in [-0.2, 0) is 35.0 Å². The molecule has 3 aliphatic rings. The maximum Gasteiger partial charge on any atom is 0.188 e. The summed E-state index contributed by atoms with van der Waals surface area (Å²) < 4.78 is 38.2.